The van der Waals surface area contributed by atoms with Crippen LogP contribution in [0.5, 0.6) is 0 Å². The largest absolute Gasteiger partial charge is 0.393 e. The minimum Gasteiger partial charge on any atom is -0.393 e. The Kier molecular flexibility index (Phi) is 4.13. The maximum absolute atomic E-state index is 9.37. The molecule has 2 aliphatic carbocycles. The van der Waals surface area contributed by atoms with Gasteiger partial charge < -0.3 is 20.1 Å². The number of rotatable bonds is 7. The third kappa shape index (κ3) is 3.69. The molecular formula is C15H28N2O2. The van der Waals surface area contributed by atoms with Gasteiger partial charge in [0.1, 0.15) is 0 Å². The van der Waals surface area contributed by atoms with Crippen molar-refractivity contribution in [3.05, 3.63) is 0 Å². The topological polar surface area (TPSA) is 44.7 Å². The molecule has 0 aromatic rings. The lowest BCUT2D eigenvalue weighted by Gasteiger charge is -2.38. The summed E-state index contributed by atoms with van der Waals surface area (Å²) >= 11 is 0. The van der Waals surface area contributed by atoms with Crippen molar-refractivity contribution in [2.45, 2.75) is 44.2 Å². The zero-order valence-corrected chi connectivity index (χ0v) is 12.1. The first kappa shape index (κ1) is 13.8. The second kappa shape index (κ2) is 5.68. The predicted octanol–water partition coefficient (Wildman–Crippen LogP) is 0.848. The van der Waals surface area contributed by atoms with Crippen LogP contribution in [-0.4, -0.2) is 62.0 Å². The molecule has 110 valence electrons. The molecule has 2 N–H and O–H groups in total. The van der Waals surface area contributed by atoms with Crippen LogP contribution in [0, 0.1) is 11.3 Å². The molecule has 3 aliphatic rings. The van der Waals surface area contributed by atoms with Gasteiger partial charge in [-0.15, -0.1) is 0 Å². The van der Waals surface area contributed by atoms with E-state index in [1.54, 1.807) is 0 Å². The minimum atomic E-state index is -0.0290. The van der Waals surface area contributed by atoms with Crippen LogP contribution >= 0.6 is 0 Å². The molecule has 3 fully saturated rings. The third-order valence-electron chi connectivity index (χ3n) is 4.91. The smallest absolute Gasteiger partial charge is 0.0547 e. The van der Waals surface area contributed by atoms with E-state index in [4.69, 9.17) is 4.74 Å². The first-order valence-electron chi connectivity index (χ1n) is 7.83. The van der Waals surface area contributed by atoms with E-state index in [-0.39, 0.29) is 6.10 Å². The van der Waals surface area contributed by atoms with Gasteiger partial charge in [0.05, 0.1) is 12.7 Å². The highest BCUT2D eigenvalue weighted by Gasteiger charge is 2.38. The molecule has 0 aromatic heterocycles. The summed E-state index contributed by atoms with van der Waals surface area (Å²) in [7, 11) is 2.22. The Morgan fingerprint density at radius 3 is 2.74 bits per heavy atom. The van der Waals surface area contributed by atoms with Gasteiger partial charge in [-0.3, -0.25) is 0 Å². The van der Waals surface area contributed by atoms with Crippen molar-refractivity contribution in [2.75, 3.05) is 39.9 Å². The normalized spacial score (nSPS) is 38.7. The Hall–Kier alpha value is -0.160. The Bertz CT molecular complexity index is 295. The van der Waals surface area contributed by atoms with Gasteiger partial charge in [0, 0.05) is 37.7 Å². The van der Waals surface area contributed by atoms with Crippen LogP contribution in [0.1, 0.15) is 32.1 Å². The fourth-order valence-electron chi connectivity index (χ4n) is 3.55. The molecule has 0 aromatic carbocycles. The van der Waals surface area contributed by atoms with Crippen LogP contribution in [0.25, 0.3) is 0 Å². The molecule has 3 rings (SSSR count). The highest BCUT2D eigenvalue weighted by molar-refractivity contribution is 4.92. The zero-order chi connectivity index (χ0) is 13.3. The second-order valence-electron chi connectivity index (χ2n) is 7.15. The van der Waals surface area contributed by atoms with Gasteiger partial charge in [0.2, 0.25) is 0 Å². The molecule has 2 saturated carbocycles. The summed E-state index contributed by atoms with van der Waals surface area (Å²) in [6.07, 6.45) is 5.85. The number of nitrogens with zero attached hydrogens (tertiary/aromatic N) is 1. The summed E-state index contributed by atoms with van der Waals surface area (Å²) in [5.41, 5.74) is 0.319. The molecule has 1 saturated heterocycles. The Balaban J connectivity index is 1.45. The Morgan fingerprint density at radius 1 is 1.37 bits per heavy atom. The van der Waals surface area contributed by atoms with Crippen molar-refractivity contribution in [3.8, 4) is 0 Å². The fourth-order valence-corrected chi connectivity index (χ4v) is 3.55. The van der Waals surface area contributed by atoms with E-state index in [0.29, 0.717) is 11.3 Å². The van der Waals surface area contributed by atoms with Crippen LogP contribution in [0.2, 0.25) is 0 Å². The predicted molar refractivity (Wildman–Crippen MR) is 75.1 cm³/mol. The summed E-state index contributed by atoms with van der Waals surface area (Å²) in [5.74, 6) is 0.704. The quantitative estimate of drug-likeness (QED) is 0.718. The fraction of sp³-hybridized carbons (Fsp3) is 1.00. The van der Waals surface area contributed by atoms with E-state index in [2.05, 4.69) is 17.3 Å². The van der Waals surface area contributed by atoms with E-state index < -0.39 is 0 Å². The average molecular weight is 268 g/mol. The van der Waals surface area contributed by atoms with E-state index in [9.17, 15) is 5.11 Å². The monoisotopic (exact) mass is 268 g/mol. The lowest BCUT2D eigenvalue weighted by molar-refractivity contribution is 0.0204. The molecule has 1 heterocycles. The van der Waals surface area contributed by atoms with Gasteiger partial charge in [-0.05, 0) is 45.1 Å². The number of hydrogen-bond acceptors (Lipinski definition) is 4. The first-order chi connectivity index (χ1) is 9.15. The van der Waals surface area contributed by atoms with Crippen LogP contribution in [0.4, 0.5) is 0 Å². The van der Waals surface area contributed by atoms with Gasteiger partial charge >= 0.3 is 0 Å². The minimum absolute atomic E-state index is 0.0290. The third-order valence-corrected chi connectivity index (χ3v) is 4.91. The van der Waals surface area contributed by atoms with E-state index in [1.165, 1.54) is 19.3 Å². The standard InChI is InChI=1S/C15H28N2O2/c1-17(8-12-6-14(18)7-12)10-15(4-5-19-11-15)9-16-13-2-3-13/h12-14,16,18H,2-11H2,1H3. The Labute approximate surface area is 116 Å². The van der Waals surface area contributed by atoms with Crippen LogP contribution in [0.3, 0.4) is 0 Å². The summed E-state index contributed by atoms with van der Waals surface area (Å²) < 4.78 is 5.67. The number of aliphatic hydroxyl groups excluding tert-OH is 1. The van der Waals surface area contributed by atoms with E-state index in [0.717, 1.165) is 51.7 Å². The molecule has 4 heteroatoms. The van der Waals surface area contributed by atoms with Gasteiger partial charge in [0.15, 0.2) is 0 Å². The molecule has 0 radical (unpaired) electrons. The molecule has 1 atom stereocenters. The molecule has 0 amide bonds. The highest BCUT2D eigenvalue weighted by Crippen LogP contribution is 2.32. The zero-order valence-electron chi connectivity index (χ0n) is 12.1. The molecule has 0 spiro atoms. The molecule has 1 unspecified atom stereocenters. The Morgan fingerprint density at radius 2 is 2.16 bits per heavy atom. The van der Waals surface area contributed by atoms with Crippen molar-refractivity contribution < 1.29 is 9.84 Å². The molecular weight excluding hydrogens is 240 g/mol. The summed E-state index contributed by atoms with van der Waals surface area (Å²) in [6, 6.07) is 0.782. The number of ether oxygens (including phenoxy) is 1. The van der Waals surface area contributed by atoms with Crippen molar-refractivity contribution in [3.63, 3.8) is 0 Å². The second-order valence-corrected chi connectivity index (χ2v) is 7.15. The maximum Gasteiger partial charge on any atom is 0.0547 e. The van der Waals surface area contributed by atoms with Crippen LogP contribution < -0.4 is 5.32 Å². The SMILES string of the molecule is CN(CC1CC(O)C1)CC1(CNC2CC2)CCOC1. The van der Waals surface area contributed by atoms with E-state index in [1.807, 2.05) is 0 Å². The van der Waals surface area contributed by atoms with Crippen molar-refractivity contribution >= 4 is 0 Å². The number of aliphatic hydroxyl groups is 1. The molecule has 19 heavy (non-hydrogen) atoms. The first-order valence-corrected chi connectivity index (χ1v) is 7.83. The van der Waals surface area contributed by atoms with Crippen molar-refractivity contribution in [1.82, 2.24) is 10.2 Å². The number of hydrogen-bond donors (Lipinski definition) is 2. The van der Waals surface area contributed by atoms with Gasteiger partial charge in [0.25, 0.3) is 0 Å². The lowest BCUT2D eigenvalue weighted by atomic mass is 9.81. The van der Waals surface area contributed by atoms with E-state index >= 15 is 0 Å². The summed E-state index contributed by atoms with van der Waals surface area (Å²) in [6.45, 7) is 5.18. The van der Waals surface area contributed by atoms with Gasteiger partial charge in [-0.25, -0.2) is 0 Å². The van der Waals surface area contributed by atoms with Crippen molar-refractivity contribution in [1.29, 1.82) is 0 Å². The maximum atomic E-state index is 9.37. The average Bonchev–Trinajstić information content (AvgIpc) is 3.06. The molecule has 0 bridgehead atoms. The highest BCUT2D eigenvalue weighted by atomic mass is 16.5. The van der Waals surface area contributed by atoms with Crippen molar-refractivity contribution in [2.24, 2.45) is 11.3 Å². The summed E-state index contributed by atoms with van der Waals surface area (Å²) in [5, 5.41) is 13.1. The van der Waals surface area contributed by atoms with Crippen LogP contribution in [-0.2, 0) is 4.74 Å². The van der Waals surface area contributed by atoms with Crippen LogP contribution in [0.15, 0.2) is 0 Å². The number of nitrogens with one attached hydrogen (secondary N) is 1. The van der Waals surface area contributed by atoms with Gasteiger partial charge in [-0.2, -0.15) is 0 Å². The molecule has 4 nitrogen and oxygen atoms in total. The van der Waals surface area contributed by atoms with Gasteiger partial charge in [-0.1, -0.05) is 0 Å². The lowest BCUT2D eigenvalue weighted by Crippen LogP contribution is -2.46. The molecule has 1 aliphatic heterocycles. The summed E-state index contributed by atoms with van der Waals surface area (Å²) in [4.78, 5) is 2.46.